The monoisotopic (exact) mass is 215 g/mol. The van der Waals surface area contributed by atoms with Crippen LogP contribution in [0.3, 0.4) is 0 Å². The molecule has 1 aliphatic rings. The van der Waals surface area contributed by atoms with E-state index in [9.17, 15) is 4.79 Å². The Hall–Kier alpha value is -1.68. The first-order chi connectivity index (χ1) is 7.84. The second-order valence-electron chi connectivity index (χ2n) is 4.16. The van der Waals surface area contributed by atoms with Gasteiger partial charge in [-0.3, -0.25) is 4.79 Å². The second kappa shape index (κ2) is 3.72. The molecule has 4 nitrogen and oxygen atoms in total. The van der Waals surface area contributed by atoms with E-state index in [-0.39, 0.29) is 5.56 Å². The quantitative estimate of drug-likeness (QED) is 0.746. The summed E-state index contributed by atoms with van der Waals surface area (Å²) in [5.74, 6) is 1.16. The van der Waals surface area contributed by atoms with E-state index in [1.54, 1.807) is 6.07 Å². The number of nitrogens with zero attached hydrogens (tertiary/aromatic N) is 1. The summed E-state index contributed by atoms with van der Waals surface area (Å²) in [6.07, 6.45) is 1.04. The summed E-state index contributed by atoms with van der Waals surface area (Å²) in [5, 5.41) is 3.94. The van der Waals surface area contributed by atoms with Gasteiger partial charge < -0.3 is 10.3 Å². The summed E-state index contributed by atoms with van der Waals surface area (Å²) >= 11 is 0. The van der Waals surface area contributed by atoms with Crippen LogP contribution >= 0.6 is 0 Å². The molecule has 3 rings (SSSR count). The summed E-state index contributed by atoms with van der Waals surface area (Å²) < 4.78 is 0. The Morgan fingerprint density at radius 1 is 1.31 bits per heavy atom. The van der Waals surface area contributed by atoms with Crippen molar-refractivity contribution in [3.63, 3.8) is 0 Å². The Morgan fingerprint density at radius 2 is 2.19 bits per heavy atom. The molecule has 0 unspecified atom stereocenters. The molecule has 0 bridgehead atoms. The molecule has 2 heterocycles. The van der Waals surface area contributed by atoms with Crippen molar-refractivity contribution in [3.05, 3.63) is 40.4 Å². The number of H-pyrrole nitrogens is 1. The summed E-state index contributed by atoms with van der Waals surface area (Å²) in [4.78, 5) is 19.2. The first-order valence-corrected chi connectivity index (χ1v) is 5.54. The molecule has 1 saturated heterocycles. The van der Waals surface area contributed by atoms with Crippen LogP contribution in [0.2, 0.25) is 0 Å². The zero-order chi connectivity index (χ0) is 11.0. The first kappa shape index (κ1) is 9.54. The van der Waals surface area contributed by atoms with Crippen molar-refractivity contribution < 1.29 is 0 Å². The molecule has 0 aliphatic carbocycles. The summed E-state index contributed by atoms with van der Waals surface area (Å²) in [5.41, 5.74) is 0.751. The van der Waals surface area contributed by atoms with Crippen molar-refractivity contribution >= 4 is 10.9 Å². The van der Waals surface area contributed by atoms with Crippen LogP contribution in [-0.2, 0) is 0 Å². The molecule has 4 heteroatoms. The number of hydrogen-bond donors (Lipinski definition) is 2. The molecule has 1 aromatic carbocycles. The molecular formula is C12H13N3O. The third-order valence-electron chi connectivity index (χ3n) is 3.08. The van der Waals surface area contributed by atoms with Crippen LogP contribution in [0.25, 0.3) is 10.9 Å². The zero-order valence-corrected chi connectivity index (χ0v) is 8.86. The molecular weight excluding hydrogens is 202 g/mol. The number of aromatic nitrogens is 2. The van der Waals surface area contributed by atoms with E-state index in [0.717, 1.165) is 30.9 Å². The van der Waals surface area contributed by atoms with Crippen LogP contribution in [0.5, 0.6) is 0 Å². The highest BCUT2D eigenvalue weighted by molar-refractivity contribution is 5.77. The number of para-hydroxylation sites is 1. The number of rotatable bonds is 1. The predicted molar refractivity (Wildman–Crippen MR) is 62.6 cm³/mol. The lowest BCUT2D eigenvalue weighted by atomic mass is 10.1. The lowest BCUT2D eigenvalue weighted by Gasteiger charge is -2.07. The van der Waals surface area contributed by atoms with Crippen molar-refractivity contribution in [1.82, 2.24) is 15.3 Å². The molecule has 16 heavy (non-hydrogen) atoms. The van der Waals surface area contributed by atoms with Gasteiger partial charge in [0.15, 0.2) is 0 Å². The molecule has 0 amide bonds. The van der Waals surface area contributed by atoms with Gasteiger partial charge in [0.25, 0.3) is 5.56 Å². The van der Waals surface area contributed by atoms with Crippen molar-refractivity contribution in [2.75, 3.05) is 13.1 Å². The third-order valence-corrected chi connectivity index (χ3v) is 3.08. The van der Waals surface area contributed by atoms with Gasteiger partial charge in [0, 0.05) is 12.5 Å². The SMILES string of the molecule is O=c1[nH]c([C@@H]2CCNC2)nc2ccccc12. The van der Waals surface area contributed by atoms with E-state index in [1.807, 2.05) is 18.2 Å². The molecule has 0 saturated carbocycles. The van der Waals surface area contributed by atoms with Gasteiger partial charge in [-0.05, 0) is 25.1 Å². The minimum absolute atomic E-state index is 0.0347. The number of aromatic amines is 1. The average molecular weight is 215 g/mol. The maximum atomic E-state index is 11.8. The predicted octanol–water partition coefficient (Wildman–Crippen LogP) is 1.000. The normalized spacial score (nSPS) is 20.4. The van der Waals surface area contributed by atoms with Gasteiger partial charge in [-0.2, -0.15) is 0 Å². The van der Waals surface area contributed by atoms with Crippen LogP contribution in [0.15, 0.2) is 29.1 Å². The van der Waals surface area contributed by atoms with E-state index in [0.29, 0.717) is 11.3 Å². The fourth-order valence-electron chi connectivity index (χ4n) is 2.19. The molecule has 1 aliphatic heterocycles. The topological polar surface area (TPSA) is 57.8 Å². The number of benzene rings is 1. The molecule has 0 spiro atoms. The lowest BCUT2D eigenvalue weighted by molar-refractivity contribution is 0.703. The van der Waals surface area contributed by atoms with Gasteiger partial charge in [0.05, 0.1) is 10.9 Å². The Kier molecular flexibility index (Phi) is 2.22. The van der Waals surface area contributed by atoms with Gasteiger partial charge in [0.1, 0.15) is 5.82 Å². The molecule has 82 valence electrons. The fraction of sp³-hybridized carbons (Fsp3) is 0.333. The first-order valence-electron chi connectivity index (χ1n) is 5.54. The Balaban J connectivity index is 2.17. The van der Waals surface area contributed by atoms with Crippen molar-refractivity contribution in [2.24, 2.45) is 0 Å². The van der Waals surface area contributed by atoms with Crippen molar-refractivity contribution in [1.29, 1.82) is 0 Å². The van der Waals surface area contributed by atoms with E-state index in [4.69, 9.17) is 0 Å². The number of nitrogens with one attached hydrogen (secondary N) is 2. The lowest BCUT2D eigenvalue weighted by Crippen LogP contribution is -2.16. The Labute approximate surface area is 92.7 Å². The van der Waals surface area contributed by atoms with E-state index >= 15 is 0 Å². The molecule has 2 N–H and O–H groups in total. The fourth-order valence-corrected chi connectivity index (χ4v) is 2.19. The average Bonchev–Trinajstić information content (AvgIpc) is 2.82. The zero-order valence-electron chi connectivity index (χ0n) is 8.86. The van der Waals surface area contributed by atoms with Gasteiger partial charge in [0.2, 0.25) is 0 Å². The third kappa shape index (κ3) is 1.51. The molecule has 1 atom stereocenters. The highest BCUT2D eigenvalue weighted by Gasteiger charge is 2.19. The van der Waals surface area contributed by atoms with Crippen LogP contribution in [0.4, 0.5) is 0 Å². The standard InChI is InChI=1S/C12H13N3O/c16-12-9-3-1-2-4-10(9)14-11(15-12)8-5-6-13-7-8/h1-4,8,13H,5-7H2,(H,14,15,16)/t8-/m1/s1. The van der Waals surface area contributed by atoms with Crippen molar-refractivity contribution in [2.45, 2.75) is 12.3 Å². The maximum Gasteiger partial charge on any atom is 0.258 e. The molecule has 1 aromatic heterocycles. The van der Waals surface area contributed by atoms with Crippen molar-refractivity contribution in [3.8, 4) is 0 Å². The minimum atomic E-state index is -0.0347. The summed E-state index contributed by atoms with van der Waals surface area (Å²) in [7, 11) is 0. The molecule has 1 fully saturated rings. The van der Waals surface area contributed by atoms with E-state index < -0.39 is 0 Å². The van der Waals surface area contributed by atoms with Crippen LogP contribution < -0.4 is 10.9 Å². The van der Waals surface area contributed by atoms with Gasteiger partial charge in [-0.25, -0.2) is 4.98 Å². The molecule has 2 aromatic rings. The number of hydrogen-bond acceptors (Lipinski definition) is 3. The van der Waals surface area contributed by atoms with Gasteiger partial charge in [-0.15, -0.1) is 0 Å². The minimum Gasteiger partial charge on any atom is -0.316 e. The summed E-state index contributed by atoms with van der Waals surface area (Å²) in [6, 6.07) is 7.45. The van der Waals surface area contributed by atoms with E-state index in [2.05, 4.69) is 15.3 Å². The largest absolute Gasteiger partial charge is 0.316 e. The highest BCUT2D eigenvalue weighted by Crippen LogP contribution is 2.18. The van der Waals surface area contributed by atoms with Crippen LogP contribution in [-0.4, -0.2) is 23.1 Å². The smallest absolute Gasteiger partial charge is 0.258 e. The van der Waals surface area contributed by atoms with Crippen LogP contribution in [0, 0.1) is 0 Å². The Morgan fingerprint density at radius 3 is 3.00 bits per heavy atom. The van der Waals surface area contributed by atoms with Gasteiger partial charge in [-0.1, -0.05) is 12.1 Å². The van der Waals surface area contributed by atoms with Gasteiger partial charge >= 0.3 is 0 Å². The highest BCUT2D eigenvalue weighted by atomic mass is 16.1. The summed E-state index contributed by atoms with van der Waals surface area (Å²) in [6.45, 7) is 1.91. The van der Waals surface area contributed by atoms with Crippen LogP contribution in [0.1, 0.15) is 18.2 Å². The number of fused-ring (bicyclic) bond motifs is 1. The molecule has 0 radical (unpaired) electrons. The van der Waals surface area contributed by atoms with E-state index in [1.165, 1.54) is 0 Å². The Bertz CT molecular complexity index is 570. The second-order valence-corrected chi connectivity index (χ2v) is 4.16. The maximum absolute atomic E-state index is 11.8.